The van der Waals surface area contributed by atoms with Crippen LogP contribution in [-0.2, 0) is 6.54 Å². The Labute approximate surface area is 116 Å². The lowest BCUT2D eigenvalue weighted by Gasteiger charge is -2.10. The smallest absolute Gasteiger partial charge is 0.182 e. The third-order valence-electron chi connectivity index (χ3n) is 2.56. The first kappa shape index (κ1) is 14.7. The van der Waals surface area contributed by atoms with Crippen molar-refractivity contribution in [2.45, 2.75) is 27.3 Å². The van der Waals surface area contributed by atoms with E-state index >= 15 is 0 Å². The molecule has 0 fully saturated rings. The highest BCUT2D eigenvalue weighted by Crippen LogP contribution is 2.13. The first-order valence-corrected chi connectivity index (χ1v) is 6.86. The summed E-state index contributed by atoms with van der Waals surface area (Å²) in [6.07, 6.45) is 1.80. The first-order chi connectivity index (χ1) is 8.66. The molecule has 0 saturated carbocycles. The minimum Gasteiger partial charge on any atom is -0.338 e. The van der Waals surface area contributed by atoms with Gasteiger partial charge in [0.1, 0.15) is 0 Å². The molecule has 0 atom stereocenters. The van der Waals surface area contributed by atoms with Crippen LogP contribution in [0.4, 0.5) is 0 Å². The van der Waals surface area contributed by atoms with Crippen molar-refractivity contribution in [3.8, 4) is 0 Å². The Morgan fingerprint density at radius 2 is 1.83 bits per heavy atom. The van der Waals surface area contributed by atoms with Crippen LogP contribution in [0.2, 0.25) is 0 Å². The predicted octanol–water partition coefficient (Wildman–Crippen LogP) is 3.99. The zero-order valence-corrected chi connectivity index (χ0v) is 12.6. The Morgan fingerprint density at radius 3 is 2.44 bits per heavy atom. The number of halogens is 1. The molecular weight excluding hydrogens is 290 g/mol. The molecule has 0 amide bonds. The number of aryl methyl sites for hydroxylation is 1. The van der Waals surface area contributed by atoms with Crippen LogP contribution >= 0.6 is 15.9 Å². The molecule has 18 heavy (non-hydrogen) atoms. The fraction of sp³-hybridized carbons (Fsp3) is 0.267. The van der Waals surface area contributed by atoms with Gasteiger partial charge in [0.25, 0.3) is 0 Å². The van der Waals surface area contributed by atoms with Crippen molar-refractivity contribution < 1.29 is 0 Å². The number of aromatic nitrogens is 1. The number of rotatable bonds is 2. The van der Waals surface area contributed by atoms with Gasteiger partial charge in [0.15, 0.2) is 5.43 Å². The van der Waals surface area contributed by atoms with E-state index in [0.717, 1.165) is 11.1 Å². The zero-order chi connectivity index (χ0) is 13.5. The number of nitrogens with zero attached hydrogens (tertiary/aromatic N) is 1. The van der Waals surface area contributed by atoms with Crippen molar-refractivity contribution in [1.29, 1.82) is 0 Å². The molecule has 0 bridgehead atoms. The molecule has 1 aromatic heterocycles. The normalized spacial score (nSPS) is 9.56. The SMILES string of the molecule is CC.Cc1ccccc1Cn1ccc(=O)cc1Br. The van der Waals surface area contributed by atoms with Gasteiger partial charge >= 0.3 is 0 Å². The van der Waals surface area contributed by atoms with E-state index in [0.29, 0.717) is 0 Å². The summed E-state index contributed by atoms with van der Waals surface area (Å²) in [5, 5.41) is 0. The lowest BCUT2D eigenvalue weighted by molar-refractivity contribution is 0.764. The molecule has 1 aromatic carbocycles. The summed E-state index contributed by atoms with van der Waals surface area (Å²) in [5.41, 5.74) is 2.54. The second-order valence-electron chi connectivity index (χ2n) is 3.74. The summed E-state index contributed by atoms with van der Waals surface area (Å²) in [6.45, 7) is 6.86. The third kappa shape index (κ3) is 3.84. The number of pyridine rings is 1. The van der Waals surface area contributed by atoms with Crippen molar-refractivity contribution in [3.63, 3.8) is 0 Å². The van der Waals surface area contributed by atoms with Gasteiger partial charge in [-0.15, -0.1) is 0 Å². The molecule has 1 heterocycles. The Bertz CT molecular complexity index is 560. The predicted molar refractivity (Wildman–Crippen MR) is 80.0 cm³/mol. The average molecular weight is 308 g/mol. The van der Waals surface area contributed by atoms with Crippen LogP contribution in [0.1, 0.15) is 25.0 Å². The number of hydrogen-bond acceptors (Lipinski definition) is 1. The van der Waals surface area contributed by atoms with Crippen molar-refractivity contribution in [2.75, 3.05) is 0 Å². The second kappa shape index (κ2) is 7.17. The monoisotopic (exact) mass is 307 g/mol. The van der Waals surface area contributed by atoms with Gasteiger partial charge in [-0.3, -0.25) is 4.79 Å². The lowest BCUT2D eigenvalue weighted by atomic mass is 10.1. The Balaban J connectivity index is 0.000000771. The van der Waals surface area contributed by atoms with E-state index in [4.69, 9.17) is 0 Å². The molecule has 0 aliphatic carbocycles. The topological polar surface area (TPSA) is 22.0 Å². The standard InChI is InChI=1S/C13H12BrNO.C2H6/c1-10-4-2-3-5-11(10)9-15-7-6-12(16)8-13(15)14;1-2/h2-8H,9H2,1H3;1-2H3. The molecule has 0 radical (unpaired) electrons. The van der Waals surface area contributed by atoms with E-state index < -0.39 is 0 Å². The molecule has 0 unspecified atom stereocenters. The summed E-state index contributed by atoms with van der Waals surface area (Å²) >= 11 is 3.39. The van der Waals surface area contributed by atoms with Crippen LogP contribution in [0.5, 0.6) is 0 Å². The van der Waals surface area contributed by atoms with Gasteiger partial charge in [-0.2, -0.15) is 0 Å². The summed E-state index contributed by atoms with van der Waals surface area (Å²) < 4.78 is 2.81. The molecule has 0 spiro atoms. The molecule has 0 saturated heterocycles. The van der Waals surface area contributed by atoms with Gasteiger partial charge in [0.2, 0.25) is 0 Å². The minimum absolute atomic E-state index is 0.0212. The minimum atomic E-state index is 0.0212. The van der Waals surface area contributed by atoms with E-state index in [1.165, 1.54) is 11.1 Å². The quantitative estimate of drug-likeness (QED) is 0.769. The highest BCUT2D eigenvalue weighted by atomic mass is 79.9. The second-order valence-corrected chi connectivity index (χ2v) is 4.55. The van der Waals surface area contributed by atoms with E-state index in [9.17, 15) is 4.79 Å². The van der Waals surface area contributed by atoms with Gasteiger partial charge < -0.3 is 4.57 Å². The fourth-order valence-electron chi connectivity index (χ4n) is 1.58. The maximum Gasteiger partial charge on any atom is 0.182 e. The molecule has 96 valence electrons. The van der Waals surface area contributed by atoms with Crippen LogP contribution in [0.3, 0.4) is 0 Å². The van der Waals surface area contributed by atoms with Crippen LogP contribution in [-0.4, -0.2) is 4.57 Å². The van der Waals surface area contributed by atoms with Crippen LogP contribution in [0.15, 0.2) is 52.0 Å². The summed E-state index contributed by atoms with van der Waals surface area (Å²) in [5.74, 6) is 0. The van der Waals surface area contributed by atoms with Crippen LogP contribution < -0.4 is 5.43 Å². The average Bonchev–Trinajstić information content (AvgIpc) is 2.38. The first-order valence-electron chi connectivity index (χ1n) is 6.07. The molecule has 2 rings (SSSR count). The van der Waals surface area contributed by atoms with Gasteiger partial charge in [-0.05, 0) is 34.0 Å². The maximum atomic E-state index is 11.1. The van der Waals surface area contributed by atoms with E-state index in [1.807, 2.05) is 30.5 Å². The van der Waals surface area contributed by atoms with Gasteiger partial charge in [0.05, 0.1) is 4.60 Å². The van der Waals surface area contributed by atoms with Gasteiger partial charge in [0, 0.05) is 24.9 Å². The van der Waals surface area contributed by atoms with Crippen molar-refractivity contribution >= 4 is 15.9 Å². The summed E-state index contributed by atoms with van der Waals surface area (Å²) in [7, 11) is 0. The summed E-state index contributed by atoms with van der Waals surface area (Å²) in [4.78, 5) is 11.1. The van der Waals surface area contributed by atoms with E-state index in [1.54, 1.807) is 18.3 Å². The fourth-order valence-corrected chi connectivity index (χ4v) is 2.05. The van der Waals surface area contributed by atoms with E-state index in [2.05, 4.69) is 35.0 Å². The Morgan fingerprint density at radius 1 is 1.17 bits per heavy atom. The lowest BCUT2D eigenvalue weighted by Crippen LogP contribution is -2.08. The van der Waals surface area contributed by atoms with Crippen molar-refractivity contribution in [2.24, 2.45) is 0 Å². The number of benzene rings is 1. The Hall–Kier alpha value is -1.35. The zero-order valence-electron chi connectivity index (χ0n) is 11.0. The molecule has 0 aliphatic rings. The van der Waals surface area contributed by atoms with Crippen molar-refractivity contribution in [1.82, 2.24) is 4.57 Å². The van der Waals surface area contributed by atoms with Gasteiger partial charge in [-0.1, -0.05) is 38.1 Å². The van der Waals surface area contributed by atoms with Crippen LogP contribution in [0.25, 0.3) is 0 Å². The highest BCUT2D eigenvalue weighted by Gasteiger charge is 2.01. The third-order valence-corrected chi connectivity index (χ3v) is 3.24. The molecule has 2 aromatic rings. The van der Waals surface area contributed by atoms with E-state index in [-0.39, 0.29) is 5.43 Å². The molecule has 0 aliphatic heterocycles. The van der Waals surface area contributed by atoms with Gasteiger partial charge in [-0.25, -0.2) is 0 Å². The molecule has 0 N–H and O–H groups in total. The molecule has 3 heteroatoms. The van der Waals surface area contributed by atoms with Crippen molar-refractivity contribution in [3.05, 3.63) is 68.5 Å². The molecule has 2 nitrogen and oxygen atoms in total. The number of hydrogen-bond donors (Lipinski definition) is 0. The summed E-state index contributed by atoms with van der Waals surface area (Å²) in [6, 6.07) is 11.4. The van der Waals surface area contributed by atoms with Crippen LogP contribution in [0, 0.1) is 6.92 Å². The maximum absolute atomic E-state index is 11.1. The Kier molecular flexibility index (Phi) is 5.86. The molecular formula is C15H18BrNO. The highest BCUT2D eigenvalue weighted by molar-refractivity contribution is 9.10. The largest absolute Gasteiger partial charge is 0.338 e.